The van der Waals surface area contributed by atoms with Gasteiger partial charge in [-0.1, -0.05) is 11.6 Å². The van der Waals surface area contributed by atoms with E-state index in [9.17, 15) is 14.7 Å². The molecule has 3 heterocycles. The van der Waals surface area contributed by atoms with E-state index in [2.05, 4.69) is 0 Å². The van der Waals surface area contributed by atoms with Crippen LogP contribution in [-0.4, -0.2) is 48.2 Å². The SMILES string of the molecule is O=C(c1sccc1Cl)N1C[C@@H]2CCOC[C@]2(C(=O)O)C1. The van der Waals surface area contributed by atoms with Crippen LogP contribution < -0.4 is 0 Å². The molecule has 20 heavy (non-hydrogen) atoms. The third kappa shape index (κ3) is 2.03. The summed E-state index contributed by atoms with van der Waals surface area (Å²) in [4.78, 5) is 26.2. The summed E-state index contributed by atoms with van der Waals surface area (Å²) in [6.07, 6.45) is 0.675. The molecule has 5 nitrogen and oxygen atoms in total. The molecule has 3 rings (SSSR count). The molecule has 2 atom stereocenters. The van der Waals surface area contributed by atoms with Gasteiger partial charge in [0, 0.05) is 19.7 Å². The predicted molar refractivity (Wildman–Crippen MR) is 74.2 cm³/mol. The number of hydrogen-bond donors (Lipinski definition) is 1. The highest BCUT2D eigenvalue weighted by atomic mass is 35.5. The van der Waals surface area contributed by atoms with E-state index in [-0.39, 0.29) is 25.0 Å². The van der Waals surface area contributed by atoms with Gasteiger partial charge in [0.2, 0.25) is 0 Å². The van der Waals surface area contributed by atoms with Crippen molar-refractivity contribution in [3.8, 4) is 0 Å². The first-order valence-corrected chi connectivity index (χ1v) is 7.64. The highest BCUT2D eigenvalue weighted by Crippen LogP contribution is 2.42. The summed E-state index contributed by atoms with van der Waals surface area (Å²) in [5.74, 6) is -1.11. The van der Waals surface area contributed by atoms with Gasteiger partial charge in [0.05, 0.1) is 11.6 Å². The van der Waals surface area contributed by atoms with Crippen molar-refractivity contribution in [3.05, 3.63) is 21.3 Å². The van der Waals surface area contributed by atoms with Crippen molar-refractivity contribution in [1.29, 1.82) is 0 Å². The summed E-state index contributed by atoms with van der Waals surface area (Å²) in [7, 11) is 0. The smallest absolute Gasteiger partial charge is 0.314 e. The molecule has 0 spiro atoms. The number of nitrogens with zero attached hydrogens (tertiary/aromatic N) is 1. The molecular formula is C13H14ClNO4S. The van der Waals surface area contributed by atoms with Gasteiger partial charge in [0.1, 0.15) is 10.3 Å². The van der Waals surface area contributed by atoms with Crippen LogP contribution in [0.5, 0.6) is 0 Å². The molecule has 0 radical (unpaired) electrons. The monoisotopic (exact) mass is 315 g/mol. The van der Waals surface area contributed by atoms with E-state index in [0.717, 1.165) is 0 Å². The van der Waals surface area contributed by atoms with Crippen molar-refractivity contribution < 1.29 is 19.4 Å². The van der Waals surface area contributed by atoms with Crippen LogP contribution in [0.4, 0.5) is 0 Å². The molecule has 2 aliphatic rings. The van der Waals surface area contributed by atoms with E-state index in [0.29, 0.717) is 29.5 Å². The third-order valence-corrected chi connectivity index (χ3v) is 5.52. The lowest BCUT2D eigenvalue weighted by molar-refractivity contribution is -0.159. The number of thiophene rings is 1. The number of fused-ring (bicyclic) bond motifs is 1. The van der Waals surface area contributed by atoms with Gasteiger partial charge in [-0.2, -0.15) is 0 Å². The number of halogens is 1. The number of hydrogen-bond acceptors (Lipinski definition) is 4. The van der Waals surface area contributed by atoms with Gasteiger partial charge >= 0.3 is 5.97 Å². The summed E-state index contributed by atoms with van der Waals surface area (Å²) < 4.78 is 5.35. The highest BCUT2D eigenvalue weighted by molar-refractivity contribution is 7.12. The van der Waals surface area contributed by atoms with E-state index in [1.165, 1.54) is 11.3 Å². The van der Waals surface area contributed by atoms with E-state index < -0.39 is 11.4 Å². The molecule has 1 N–H and O–H groups in total. The Hall–Kier alpha value is -1.11. The molecule has 0 saturated carbocycles. The number of carbonyl (C=O) groups is 2. The minimum absolute atomic E-state index is 0.0450. The van der Waals surface area contributed by atoms with Gasteiger partial charge in [-0.3, -0.25) is 9.59 Å². The van der Waals surface area contributed by atoms with Crippen LogP contribution in [0.2, 0.25) is 5.02 Å². The quantitative estimate of drug-likeness (QED) is 0.906. The number of carboxylic acids is 1. The summed E-state index contributed by atoms with van der Waals surface area (Å²) in [6.45, 7) is 1.39. The van der Waals surface area contributed by atoms with Crippen LogP contribution in [0, 0.1) is 11.3 Å². The first-order valence-electron chi connectivity index (χ1n) is 6.38. The zero-order chi connectivity index (χ0) is 14.3. The van der Waals surface area contributed by atoms with Gasteiger partial charge in [0.25, 0.3) is 5.91 Å². The molecule has 0 aromatic carbocycles. The second-order valence-corrected chi connectivity index (χ2v) is 6.61. The Balaban J connectivity index is 1.86. The molecule has 1 amide bonds. The second-order valence-electron chi connectivity index (χ2n) is 5.28. The first-order chi connectivity index (χ1) is 9.54. The Kier molecular flexibility index (Phi) is 3.48. The maximum absolute atomic E-state index is 12.5. The lowest BCUT2D eigenvalue weighted by atomic mass is 9.76. The molecule has 1 aromatic heterocycles. The van der Waals surface area contributed by atoms with Gasteiger partial charge in [-0.05, 0) is 23.8 Å². The molecule has 108 valence electrons. The van der Waals surface area contributed by atoms with Crippen molar-refractivity contribution in [3.63, 3.8) is 0 Å². The standard InChI is InChI=1S/C13H14ClNO4S/c14-9-2-4-20-10(9)11(16)15-5-8-1-3-19-7-13(8,6-15)12(17)18/h2,4,8H,1,3,5-7H2,(H,17,18)/t8-,13+/m0/s1. The summed E-state index contributed by atoms with van der Waals surface area (Å²) in [6, 6.07) is 1.68. The van der Waals surface area contributed by atoms with Crippen LogP contribution in [0.15, 0.2) is 11.4 Å². The fraction of sp³-hybridized carbons (Fsp3) is 0.538. The largest absolute Gasteiger partial charge is 0.481 e. The van der Waals surface area contributed by atoms with E-state index in [1.54, 1.807) is 16.3 Å². The maximum atomic E-state index is 12.5. The average Bonchev–Trinajstić information content (AvgIpc) is 3.01. The Morgan fingerprint density at radius 3 is 2.95 bits per heavy atom. The number of aliphatic carboxylic acids is 1. The number of ether oxygens (including phenoxy) is 1. The maximum Gasteiger partial charge on any atom is 0.314 e. The van der Waals surface area contributed by atoms with E-state index >= 15 is 0 Å². The predicted octanol–water partition coefficient (Wildman–Crippen LogP) is 1.96. The lowest BCUT2D eigenvalue weighted by Crippen LogP contribution is -2.46. The van der Waals surface area contributed by atoms with Crippen LogP contribution >= 0.6 is 22.9 Å². The van der Waals surface area contributed by atoms with Crippen LogP contribution in [0.3, 0.4) is 0 Å². The third-order valence-electron chi connectivity index (χ3n) is 4.19. The summed E-state index contributed by atoms with van der Waals surface area (Å²) in [5.41, 5.74) is -0.961. The van der Waals surface area contributed by atoms with Crippen LogP contribution in [0.25, 0.3) is 0 Å². The van der Waals surface area contributed by atoms with Crippen LogP contribution in [-0.2, 0) is 9.53 Å². The molecule has 0 unspecified atom stereocenters. The zero-order valence-corrected chi connectivity index (χ0v) is 12.2. The molecule has 2 aliphatic heterocycles. The normalized spacial score (nSPS) is 29.2. The summed E-state index contributed by atoms with van der Waals surface area (Å²) in [5, 5.41) is 11.7. The summed E-state index contributed by atoms with van der Waals surface area (Å²) >= 11 is 7.27. The Morgan fingerprint density at radius 1 is 1.55 bits per heavy atom. The van der Waals surface area contributed by atoms with Crippen LogP contribution in [0.1, 0.15) is 16.1 Å². The number of amides is 1. The number of likely N-dealkylation sites (tertiary alicyclic amines) is 1. The van der Waals surface area contributed by atoms with Crippen molar-refractivity contribution >= 4 is 34.8 Å². The topological polar surface area (TPSA) is 66.8 Å². The number of rotatable bonds is 2. The Bertz CT molecular complexity index is 560. The van der Waals surface area contributed by atoms with Gasteiger partial charge in [-0.25, -0.2) is 0 Å². The molecule has 0 aliphatic carbocycles. The van der Waals surface area contributed by atoms with E-state index in [1.807, 2.05) is 0 Å². The number of carboxylic acid groups (broad SMARTS) is 1. The lowest BCUT2D eigenvalue weighted by Gasteiger charge is -2.33. The van der Waals surface area contributed by atoms with Crippen molar-refractivity contribution in [2.45, 2.75) is 6.42 Å². The van der Waals surface area contributed by atoms with Gasteiger partial charge in [-0.15, -0.1) is 11.3 Å². The molecule has 7 heteroatoms. The molecule has 2 saturated heterocycles. The zero-order valence-electron chi connectivity index (χ0n) is 10.7. The van der Waals surface area contributed by atoms with Crippen molar-refractivity contribution in [2.75, 3.05) is 26.3 Å². The number of carbonyl (C=O) groups excluding carboxylic acids is 1. The highest BCUT2D eigenvalue weighted by Gasteiger charge is 2.55. The molecule has 2 fully saturated rings. The second kappa shape index (κ2) is 5.02. The van der Waals surface area contributed by atoms with Crippen molar-refractivity contribution in [2.24, 2.45) is 11.3 Å². The van der Waals surface area contributed by atoms with E-state index in [4.69, 9.17) is 16.3 Å². The average molecular weight is 316 g/mol. The minimum atomic E-state index is -0.961. The Morgan fingerprint density at radius 2 is 2.35 bits per heavy atom. The molecule has 1 aromatic rings. The fourth-order valence-electron chi connectivity index (χ4n) is 3.03. The molecule has 0 bridgehead atoms. The Labute approximate surface area is 125 Å². The van der Waals surface area contributed by atoms with Gasteiger partial charge < -0.3 is 14.7 Å². The van der Waals surface area contributed by atoms with Gasteiger partial charge in [0.15, 0.2) is 0 Å². The first kappa shape index (κ1) is 13.9. The fourth-order valence-corrected chi connectivity index (χ4v) is 4.14. The minimum Gasteiger partial charge on any atom is -0.481 e. The van der Waals surface area contributed by atoms with Crippen molar-refractivity contribution in [1.82, 2.24) is 4.90 Å². The molecular weight excluding hydrogens is 302 g/mol.